The van der Waals surface area contributed by atoms with Gasteiger partial charge in [0.25, 0.3) is 0 Å². The number of aliphatic hydroxyl groups excluding tert-OH is 1. The molecule has 0 spiro atoms. The lowest BCUT2D eigenvalue weighted by Crippen LogP contribution is -2.22. The van der Waals surface area contributed by atoms with Crippen molar-refractivity contribution in [2.24, 2.45) is 0 Å². The van der Waals surface area contributed by atoms with Crippen LogP contribution in [0.3, 0.4) is 0 Å². The fourth-order valence-electron chi connectivity index (χ4n) is 2.96. The lowest BCUT2D eigenvalue weighted by atomic mass is 10.0. The molecule has 0 aromatic carbocycles. The molecule has 0 saturated carbocycles. The van der Waals surface area contributed by atoms with E-state index in [1.54, 1.807) is 7.11 Å². The fourth-order valence-corrected chi connectivity index (χ4v) is 2.96. The number of carboxylic acid groups (broad SMARTS) is 1. The van der Waals surface area contributed by atoms with Gasteiger partial charge in [-0.05, 0) is 6.42 Å². The summed E-state index contributed by atoms with van der Waals surface area (Å²) in [5.41, 5.74) is 0. The van der Waals surface area contributed by atoms with Gasteiger partial charge in [0, 0.05) is 13.5 Å². The van der Waals surface area contributed by atoms with E-state index >= 15 is 0 Å². The molecule has 0 aliphatic carbocycles. The Bertz CT molecular complexity index is 268. The van der Waals surface area contributed by atoms with E-state index in [1.165, 1.54) is 64.2 Å². The first kappa shape index (κ1) is 22.4. The third-order valence-corrected chi connectivity index (χ3v) is 4.41. The van der Waals surface area contributed by atoms with E-state index in [2.05, 4.69) is 6.92 Å². The Morgan fingerprint density at radius 2 is 1.39 bits per heavy atom. The molecule has 0 amide bonds. The zero-order valence-electron chi connectivity index (χ0n) is 15.3. The van der Waals surface area contributed by atoms with Crippen LogP contribution in [0, 0.1) is 0 Å². The van der Waals surface area contributed by atoms with E-state index in [0.29, 0.717) is 6.42 Å². The van der Waals surface area contributed by atoms with Crippen LogP contribution in [0.15, 0.2) is 0 Å². The Morgan fingerprint density at radius 1 is 0.913 bits per heavy atom. The third-order valence-electron chi connectivity index (χ3n) is 4.41. The van der Waals surface area contributed by atoms with E-state index in [4.69, 9.17) is 9.84 Å². The topological polar surface area (TPSA) is 66.8 Å². The Morgan fingerprint density at radius 3 is 1.83 bits per heavy atom. The molecule has 0 heterocycles. The first-order valence-corrected chi connectivity index (χ1v) is 9.52. The van der Waals surface area contributed by atoms with Gasteiger partial charge in [-0.2, -0.15) is 0 Å². The van der Waals surface area contributed by atoms with Crippen LogP contribution in [-0.4, -0.2) is 35.5 Å². The van der Waals surface area contributed by atoms with E-state index in [-0.39, 0.29) is 12.5 Å². The highest BCUT2D eigenvalue weighted by molar-refractivity contribution is 5.67. The Balaban J connectivity index is 3.42. The molecular formula is C19H38O4. The second-order valence-corrected chi connectivity index (χ2v) is 6.67. The van der Waals surface area contributed by atoms with Gasteiger partial charge in [0.15, 0.2) is 0 Å². The number of carbonyl (C=O) groups is 1. The number of aliphatic hydroxyl groups is 1. The molecule has 0 rings (SSSR count). The minimum Gasteiger partial charge on any atom is -0.481 e. The van der Waals surface area contributed by atoms with Crippen molar-refractivity contribution < 1.29 is 19.7 Å². The fraction of sp³-hybridized carbons (Fsp3) is 0.947. The number of hydrogen-bond acceptors (Lipinski definition) is 3. The summed E-state index contributed by atoms with van der Waals surface area (Å²) in [4.78, 5) is 10.5. The summed E-state index contributed by atoms with van der Waals surface area (Å²) in [6, 6.07) is 0. The summed E-state index contributed by atoms with van der Waals surface area (Å²) >= 11 is 0. The molecule has 23 heavy (non-hydrogen) atoms. The summed E-state index contributed by atoms with van der Waals surface area (Å²) in [6.07, 6.45) is 14.7. The van der Waals surface area contributed by atoms with Crippen LogP contribution in [0.25, 0.3) is 0 Å². The van der Waals surface area contributed by atoms with Crippen LogP contribution in [0.1, 0.15) is 96.8 Å². The minimum atomic E-state index is -0.956. The lowest BCUT2D eigenvalue weighted by molar-refractivity contribution is -0.139. The van der Waals surface area contributed by atoms with Crippen molar-refractivity contribution in [3.63, 3.8) is 0 Å². The van der Waals surface area contributed by atoms with Gasteiger partial charge >= 0.3 is 5.97 Å². The zero-order chi connectivity index (χ0) is 17.3. The van der Waals surface area contributed by atoms with Crippen LogP contribution in [0.5, 0.6) is 0 Å². The number of hydrogen-bond donors (Lipinski definition) is 2. The number of rotatable bonds is 17. The van der Waals surface area contributed by atoms with Crippen molar-refractivity contribution in [2.75, 3.05) is 7.11 Å². The summed E-state index contributed by atoms with van der Waals surface area (Å²) in [5, 5.41) is 18.3. The molecule has 0 aromatic heterocycles. The molecule has 2 unspecified atom stereocenters. The van der Waals surface area contributed by atoms with Crippen molar-refractivity contribution in [2.45, 2.75) is 109 Å². The molecular weight excluding hydrogens is 292 g/mol. The molecule has 0 fully saturated rings. The average Bonchev–Trinajstić information content (AvgIpc) is 2.50. The quantitative estimate of drug-likeness (QED) is 0.371. The maximum atomic E-state index is 10.5. The Kier molecular flexibility index (Phi) is 15.8. The number of aliphatic carboxylic acids is 1. The van der Waals surface area contributed by atoms with Gasteiger partial charge in [0.05, 0.1) is 18.6 Å². The molecule has 2 N–H and O–H groups in total. The van der Waals surface area contributed by atoms with Crippen molar-refractivity contribution in [3.05, 3.63) is 0 Å². The summed E-state index contributed by atoms with van der Waals surface area (Å²) in [7, 11) is 1.64. The second kappa shape index (κ2) is 16.3. The molecule has 0 aliphatic heterocycles. The lowest BCUT2D eigenvalue weighted by Gasteiger charge is -2.18. The van der Waals surface area contributed by atoms with Gasteiger partial charge in [-0.15, -0.1) is 0 Å². The van der Waals surface area contributed by atoms with Crippen molar-refractivity contribution in [3.8, 4) is 0 Å². The molecule has 2 atom stereocenters. The highest BCUT2D eigenvalue weighted by Gasteiger charge is 2.16. The highest BCUT2D eigenvalue weighted by Crippen LogP contribution is 2.16. The van der Waals surface area contributed by atoms with Crippen molar-refractivity contribution in [1.82, 2.24) is 0 Å². The predicted molar refractivity (Wildman–Crippen MR) is 94.8 cm³/mol. The first-order valence-electron chi connectivity index (χ1n) is 9.52. The zero-order valence-corrected chi connectivity index (χ0v) is 15.3. The summed E-state index contributed by atoms with van der Waals surface area (Å²) < 4.78 is 5.34. The van der Waals surface area contributed by atoms with Crippen molar-refractivity contribution >= 4 is 5.97 Å². The van der Waals surface area contributed by atoms with E-state index in [0.717, 1.165) is 12.8 Å². The number of ether oxygens (including phenoxy) is 1. The SMILES string of the molecule is CCCCCCCCCCCCCC(CC(O)CC(=O)O)OC. The smallest absolute Gasteiger partial charge is 0.305 e. The first-order chi connectivity index (χ1) is 11.1. The molecule has 0 saturated heterocycles. The van der Waals surface area contributed by atoms with Crippen LogP contribution >= 0.6 is 0 Å². The van der Waals surface area contributed by atoms with Crippen LogP contribution in [0.4, 0.5) is 0 Å². The van der Waals surface area contributed by atoms with Gasteiger partial charge in [-0.3, -0.25) is 4.79 Å². The van der Waals surface area contributed by atoms with Gasteiger partial charge < -0.3 is 14.9 Å². The summed E-state index contributed by atoms with van der Waals surface area (Å²) in [5.74, 6) is -0.956. The van der Waals surface area contributed by atoms with Crippen molar-refractivity contribution in [1.29, 1.82) is 0 Å². The molecule has 0 radical (unpaired) electrons. The molecule has 4 heteroatoms. The normalized spacial score (nSPS) is 13.9. The van der Waals surface area contributed by atoms with Crippen LogP contribution in [0.2, 0.25) is 0 Å². The summed E-state index contributed by atoms with van der Waals surface area (Å²) in [6.45, 7) is 2.25. The number of carboxylic acids is 1. The van der Waals surface area contributed by atoms with E-state index in [1.807, 2.05) is 0 Å². The maximum absolute atomic E-state index is 10.5. The Labute approximate surface area is 142 Å². The van der Waals surface area contributed by atoms with Gasteiger partial charge in [-0.25, -0.2) is 0 Å². The maximum Gasteiger partial charge on any atom is 0.305 e. The third kappa shape index (κ3) is 16.0. The number of unbranched alkanes of at least 4 members (excludes halogenated alkanes) is 10. The number of methoxy groups -OCH3 is 1. The van der Waals surface area contributed by atoms with Gasteiger partial charge in [-0.1, -0.05) is 77.6 Å². The van der Waals surface area contributed by atoms with Gasteiger partial charge in [0.1, 0.15) is 0 Å². The average molecular weight is 331 g/mol. The molecule has 0 aliphatic rings. The second-order valence-electron chi connectivity index (χ2n) is 6.67. The van der Waals surface area contributed by atoms with Crippen LogP contribution < -0.4 is 0 Å². The standard InChI is InChI=1S/C19H38O4/c1-3-4-5-6-7-8-9-10-11-12-13-14-18(23-2)15-17(20)16-19(21)22/h17-18,20H,3-16H2,1-2H3,(H,21,22). The largest absolute Gasteiger partial charge is 0.481 e. The predicted octanol–water partition coefficient (Wildman–Crippen LogP) is 4.93. The molecule has 0 bridgehead atoms. The molecule has 4 nitrogen and oxygen atoms in total. The van der Waals surface area contributed by atoms with E-state index < -0.39 is 12.1 Å². The Hall–Kier alpha value is -0.610. The minimum absolute atomic E-state index is 0.0251. The monoisotopic (exact) mass is 330 g/mol. The van der Waals surface area contributed by atoms with E-state index in [9.17, 15) is 9.90 Å². The van der Waals surface area contributed by atoms with Crippen LogP contribution in [-0.2, 0) is 9.53 Å². The molecule has 0 aromatic rings. The van der Waals surface area contributed by atoms with Gasteiger partial charge in [0.2, 0.25) is 0 Å². The highest BCUT2D eigenvalue weighted by atomic mass is 16.5. The molecule has 138 valence electrons.